The van der Waals surface area contributed by atoms with Crippen LogP contribution in [0.5, 0.6) is 0 Å². The summed E-state index contributed by atoms with van der Waals surface area (Å²) in [6.07, 6.45) is 10.1. The Morgan fingerprint density at radius 3 is 2.53 bits per heavy atom. The maximum absolute atomic E-state index is 6.06. The third-order valence-corrected chi connectivity index (χ3v) is 6.62. The molecule has 108 valence electrons. The molecule has 0 radical (unpaired) electrons. The van der Waals surface area contributed by atoms with Crippen LogP contribution in [0.4, 0.5) is 0 Å². The minimum Gasteiger partial charge on any atom is -0.381 e. The lowest BCUT2D eigenvalue weighted by Crippen LogP contribution is -2.25. The Balaban J connectivity index is 1.16. The summed E-state index contributed by atoms with van der Waals surface area (Å²) in [4.78, 5) is 0. The van der Waals surface area contributed by atoms with E-state index >= 15 is 0 Å². The maximum Gasteiger partial charge on any atom is 0.0920 e. The van der Waals surface area contributed by atoms with Crippen molar-refractivity contribution in [2.45, 2.75) is 70.5 Å². The van der Waals surface area contributed by atoms with Gasteiger partial charge in [-0.3, -0.25) is 0 Å². The monoisotopic (exact) mass is 264 g/mol. The van der Waals surface area contributed by atoms with Crippen LogP contribution in [0.1, 0.15) is 58.8 Å². The molecule has 3 aliphatic carbocycles. The Morgan fingerprint density at radius 1 is 1.05 bits per heavy atom. The number of rotatable bonds is 4. The van der Waals surface area contributed by atoms with Crippen molar-refractivity contribution in [1.82, 2.24) is 0 Å². The lowest BCUT2D eigenvalue weighted by Gasteiger charge is -2.27. The van der Waals surface area contributed by atoms with E-state index in [-0.39, 0.29) is 5.60 Å². The Labute approximate surface area is 117 Å². The van der Waals surface area contributed by atoms with Crippen molar-refractivity contribution in [3.63, 3.8) is 0 Å². The summed E-state index contributed by atoms with van der Waals surface area (Å²) < 4.78 is 11.8. The molecule has 6 unspecified atom stereocenters. The average Bonchev–Trinajstić information content (AvgIpc) is 3.22. The number of hydrogen-bond donors (Lipinski definition) is 0. The summed E-state index contributed by atoms with van der Waals surface area (Å²) in [5.41, 5.74) is 1.00. The highest BCUT2D eigenvalue weighted by molar-refractivity contribution is 5.04. The Kier molecular flexibility index (Phi) is 2.80. The first-order valence-electron chi connectivity index (χ1n) is 8.33. The molecule has 0 spiro atoms. The van der Waals surface area contributed by atoms with Gasteiger partial charge in [0.05, 0.1) is 11.7 Å². The van der Waals surface area contributed by atoms with Crippen LogP contribution in [-0.4, -0.2) is 24.9 Å². The van der Waals surface area contributed by atoms with E-state index in [0.717, 1.165) is 36.4 Å². The molecule has 6 atom stereocenters. The van der Waals surface area contributed by atoms with E-state index in [1.807, 2.05) is 0 Å². The van der Waals surface area contributed by atoms with Crippen LogP contribution in [0, 0.1) is 23.2 Å². The average molecular weight is 264 g/mol. The van der Waals surface area contributed by atoms with Crippen LogP contribution >= 0.6 is 0 Å². The zero-order chi connectivity index (χ0) is 13.1. The van der Waals surface area contributed by atoms with Gasteiger partial charge in [0.1, 0.15) is 0 Å². The van der Waals surface area contributed by atoms with E-state index in [1.165, 1.54) is 44.9 Å². The van der Waals surface area contributed by atoms with Gasteiger partial charge in [-0.2, -0.15) is 0 Å². The van der Waals surface area contributed by atoms with Crippen LogP contribution in [0.2, 0.25) is 0 Å². The summed E-state index contributed by atoms with van der Waals surface area (Å²) in [5, 5.41) is 0. The van der Waals surface area contributed by atoms with Gasteiger partial charge in [0, 0.05) is 13.2 Å². The summed E-state index contributed by atoms with van der Waals surface area (Å²) in [7, 11) is 0. The lowest BCUT2D eigenvalue weighted by atomic mass is 9.82. The molecule has 0 aromatic rings. The summed E-state index contributed by atoms with van der Waals surface area (Å²) >= 11 is 0. The predicted octanol–water partition coefficient (Wildman–Crippen LogP) is 3.79. The van der Waals surface area contributed by atoms with Crippen molar-refractivity contribution >= 4 is 0 Å². The fourth-order valence-corrected chi connectivity index (χ4v) is 4.66. The topological polar surface area (TPSA) is 21.8 Å². The first-order chi connectivity index (χ1) is 9.07. The molecular formula is C17H28O2. The van der Waals surface area contributed by atoms with E-state index in [9.17, 15) is 0 Å². The first-order valence-corrected chi connectivity index (χ1v) is 8.33. The molecule has 0 aromatic heterocycles. The molecule has 19 heavy (non-hydrogen) atoms. The van der Waals surface area contributed by atoms with E-state index in [0.29, 0.717) is 6.10 Å². The van der Waals surface area contributed by atoms with Crippen molar-refractivity contribution in [1.29, 1.82) is 0 Å². The van der Waals surface area contributed by atoms with Gasteiger partial charge >= 0.3 is 0 Å². The van der Waals surface area contributed by atoms with Crippen molar-refractivity contribution in [3.05, 3.63) is 0 Å². The van der Waals surface area contributed by atoms with Crippen LogP contribution in [0.25, 0.3) is 0 Å². The molecule has 1 heterocycles. The highest BCUT2D eigenvalue weighted by Crippen LogP contribution is 2.62. The molecule has 4 rings (SSSR count). The van der Waals surface area contributed by atoms with Gasteiger partial charge in [0.2, 0.25) is 0 Å². The van der Waals surface area contributed by atoms with Crippen LogP contribution in [-0.2, 0) is 9.47 Å². The molecule has 1 aliphatic heterocycles. The van der Waals surface area contributed by atoms with E-state index in [1.54, 1.807) is 0 Å². The fourth-order valence-electron chi connectivity index (χ4n) is 4.66. The molecular weight excluding hydrogens is 236 g/mol. The second kappa shape index (κ2) is 4.21. The third-order valence-electron chi connectivity index (χ3n) is 6.62. The van der Waals surface area contributed by atoms with Gasteiger partial charge in [0.15, 0.2) is 0 Å². The maximum atomic E-state index is 6.06. The Hall–Kier alpha value is -0.0800. The smallest absolute Gasteiger partial charge is 0.0920 e. The molecule has 0 bridgehead atoms. The zero-order valence-electron chi connectivity index (χ0n) is 12.5. The molecule has 2 heteroatoms. The molecule has 4 fully saturated rings. The van der Waals surface area contributed by atoms with Crippen LogP contribution in [0.3, 0.4) is 0 Å². The third kappa shape index (κ3) is 2.35. The highest BCUT2D eigenvalue weighted by atomic mass is 16.6. The van der Waals surface area contributed by atoms with Crippen molar-refractivity contribution < 1.29 is 9.47 Å². The molecule has 0 amide bonds. The molecule has 4 aliphatic rings. The molecule has 1 saturated heterocycles. The summed E-state index contributed by atoms with van der Waals surface area (Å²) in [6.45, 7) is 6.74. The van der Waals surface area contributed by atoms with Crippen molar-refractivity contribution in [3.8, 4) is 0 Å². The van der Waals surface area contributed by atoms with E-state index in [4.69, 9.17) is 9.47 Å². The van der Waals surface area contributed by atoms with Crippen molar-refractivity contribution in [2.75, 3.05) is 13.2 Å². The second-order valence-electron chi connectivity index (χ2n) is 8.29. The summed E-state index contributed by atoms with van der Waals surface area (Å²) in [5.74, 6) is 2.65. The van der Waals surface area contributed by atoms with Gasteiger partial charge in [0.25, 0.3) is 0 Å². The Bertz CT molecular complexity index is 334. The number of hydrogen-bond acceptors (Lipinski definition) is 2. The van der Waals surface area contributed by atoms with E-state index in [2.05, 4.69) is 13.8 Å². The SMILES string of the molecule is CC12CCC(COCC3CCC4(C)OC4C3)CC1C2. The Morgan fingerprint density at radius 2 is 1.79 bits per heavy atom. The molecule has 2 nitrogen and oxygen atoms in total. The molecule has 0 N–H and O–H groups in total. The number of fused-ring (bicyclic) bond motifs is 2. The normalized spacial score (nSPS) is 55.3. The van der Waals surface area contributed by atoms with Gasteiger partial charge in [-0.05, 0) is 75.0 Å². The zero-order valence-corrected chi connectivity index (χ0v) is 12.5. The van der Waals surface area contributed by atoms with Crippen LogP contribution < -0.4 is 0 Å². The molecule has 3 saturated carbocycles. The molecule has 0 aromatic carbocycles. The number of ether oxygens (including phenoxy) is 2. The van der Waals surface area contributed by atoms with Crippen LogP contribution in [0.15, 0.2) is 0 Å². The van der Waals surface area contributed by atoms with Crippen molar-refractivity contribution in [2.24, 2.45) is 23.2 Å². The highest BCUT2D eigenvalue weighted by Gasteiger charge is 2.55. The minimum atomic E-state index is 0.260. The van der Waals surface area contributed by atoms with Gasteiger partial charge in [-0.25, -0.2) is 0 Å². The first kappa shape index (κ1) is 12.6. The van der Waals surface area contributed by atoms with Gasteiger partial charge in [-0.1, -0.05) is 6.92 Å². The second-order valence-corrected chi connectivity index (χ2v) is 8.29. The van der Waals surface area contributed by atoms with Gasteiger partial charge in [-0.15, -0.1) is 0 Å². The van der Waals surface area contributed by atoms with Gasteiger partial charge < -0.3 is 9.47 Å². The fraction of sp³-hybridized carbons (Fsp3) is 1.00. The summed E-state index contributed by atoms with van der Waals surface area (Å²) in [6, 6.07) is 0. The quantitative estimate of drug-likeness (QED) is 0.721. The lowest BCUT2D eigenvalue weighted by molar-refractivity contribution is 0.0466. The number of epoxide rings is 1. The standard InChI is InChI=1S/C17H28O2/c1-16-5-3-12(7-14(16)9-16)10-18-11-13-4-6-17(2)15(8-13)19-17/h12-15H,3-11H2,1-2H3. The predicted molar refractivity (Wildman–Crippen MR) is 75.0 cm³/mol. The largest absolute Gasteiger partial charge is 0.381 e. The minimum absolute atomic E-state index is 0.260. The van der Waals surface area contributed by atoms with E-state index < -0.39 is 0 Å².